The molecule has 0 unspecified atom stereocenters. The molecule has 0 aliphatic carbocycles. The molecule has 2 rings (SSSR count). The predicted octanol–water partition coefficient (Wildman–Crippen LogP) is 3.69. The molecule has 2 N–H and O–H groups in total. The topological polar surface area (TPSA) is 48.1 Å². The SMILES string of the molecule is Nc1ccc(OC(C(F)(F)F)C(F)(F)F)c2ncccc12. The van der Waals surface area contributed by atoms with Crippen LogP contribution in [0.3, 0.4) is 0 Å². The van der Waals surface area contributed by atoms with Gasteiger partial charge in [-0.15, -0.1) is 0 Å². The maximum absolute atomic E-state index is 12.5. The number of ether oxygens (including phenoxy) is 1. The summed E-state index contributed by atoms with van der Waals surface area (Å²) in [5.41, 5.74) is 5.58. The van der Waals surface area contributed by atoms with E-state index in [1.807, 2.05) is 0 Å². The van der Waals surface area contributed by atoms with E-state index in [1.165, 1.54) is 18.3 Å². The van der Waals surface area contributed by atoms with Gasteiger partial charge in [-0.3, -0.25) is 4.98 Å². The molecule has 0 bridgehead atoms. The maximum Gasteiger partial charge on any atom is 0.434 e. The monoisotopic (exact) mass is 310 g/mol. The molecule has 2 aromatic rings. The minimum Gasteiger partial charge on any atom is -0.469 e. The average Bonchev–Trinajstić information content (AvgIpc) is 2.35. The summed E-state index contributed by atoms with van der Waals surface area (Å²) in [4.78, 5) is 3.72. The molecule has 1 aromatic carbocycles. The highest BCUT2D eigenvalue weighted by atomic mass is 19.4. The fourth-order valence-electron chi connectivity index (χ4n) is 1.71. The minimum atomic E-state index is -5.60. The lowest BCUT2D eigenvalue weighted by Gasteiger charge is -2.24. The molecule has 0 atom stereocenters. The van der Waals surface area contributed by atoms with E-state index < -0.39 is 24.2 Å². The molecule has 0 saturated carbocycles. The van der Waals surface area contributed by atoms with Crippen molar-refractivity contribution in [3.05, 3.63) is 30.5 Å². The van der Waals surface area contributed by atoms with Crippen molar-refractivity contribution in [1.82, 2.24) is 4.98 Å². The van der Waals surface area contributed by atoms with Crippen LogP contribution in [0.2, 0.25) is 0 Å². The Labute approximate surface area is 114 Å². The van der Waals surface area contributed by atoms with Crippen molar-refractivity contribution < 1.29 is 31.1 Å². The molecule has 114 valence electrons. The molecular formula is C12H8F6N2O. The van der Waals surface area contributed by atoms with E-state index in [1.54, 1.807) is 0 Å². The van der Waals surface area contributed by atoms with Crippen molar-refractivity contribution >= 4 is 16.6 Å². The van der Waals surface area contributed by atoms with Crippen molar-refractivity contribution in [2.45, 2.75) is 18.5 Å². The Kier molecular flexibility index (Phi) is 3.60. The summed E-state index contributed by atoms with van der Waals surface area (Å²) < 4.78 is 79.1. The molecule has 0 saturated heterocycles. The van der Waals surface area contributed by atoms with Crippen molar-refractivity contribution in [2.24, 2.45) is 0 Å². The Morgan fingerprint density at radius 2 is 1.62 bits per heavy atom. The largest absolute Gasteiger partial charge is 0.469 e. The lowest BCUT2D eigenvalue weighted by atomic mass is 10.1. The van der Waals surface area contributed by atoms with Gasteiger partial charge < -0.3 is 10.5 Å². The summed E-state index contributed by atoms with van der Waals surface area (Å²) in [6.45, 7) is 0. The number of aromatic nitrogens is 1. The summed E-state index contributed by atoms with van der Waals surface area (Å²) in [5.74, 6) is -0.639. The molecule has 0 aliphatic rings. The number of nitrogen functional groups attached to an aromatic ring is 1. The van der Waals surface area contributed by atoms with E-state index in [2.05, 4.69) is 9.72 Å². The molecule has 21 heavy (non-hydrogen) atoms. The van der Waals surface area contributed by atoms with Gasteiger partial charge in [0.15, 0.2) is 0 Å². The number of hydrogen-bond donors (Lipinski definition) is 1. The second-order valence-electron chi connectivity index (χ2n) is 4.13. The zero-order valence-corrected chi connectivity index (χ0v) is 10.2. The highest BCUT2D eigenvalue weighted by Crippen LogP contribution is 2.38. The van der Waals surface area contributed by atoms with E-state index in [0.29, 0.717) is 0 Å². The van der Waals surface area contributed by atoms with Crippen LogP contribution in [0.25, 0.3) is 10.9 Å². The number of pyridine rings is 1. The van der Waals surface area contributed by atoms with Crippen LogP contribution in [0.1, 0.15) is 0 Å². The Morgan fingerprint density at radius 1 is 1.00 bits per heavy atom. The maximum atomic E-state index is 12.5. The molecule has 3 nitrogen and oxygen atoms in total. The Bertz CT molecular complexity index is 638. The Hall–Kier alpha value is -2.19. The predicted molar refractivity (Wildman–Crippen MR) is 62.7 cm³/mol. The van der Waals surface area contributed by atoms with E-state index in [0.717, 1.165) is 12.1 Å². The zero-order chi connectivity index (χ0) is 15.8. The van der Waals surface area contributed by atoms with Crippen molar-refractivity contribution in [2.75, 3.05) is 5.73 Å². The fraction of sp³-hybridized carbons (Fsp3) is 0.250. The highest BCUT2D eigenvalue weighted by molar-refractivity contribution is 5.94. The van der Waals surface area contributed by atoms with Crippen LogP contribution >= 0.6 is 0 Å². The van der Waals surface area contributed by atoms with Crippen LogP contribution < -0.4 is 10.5 Å². The number of rotatable bonds is 2. The summed E-state index contributed by atoms with van der Waals surface area (Å²) in [6, 6.07) is 4.95. The Morgan fingerprint density at radius 3 is 2.19 bits per heavy atom. The van der Waals surface area contributed by atoms with E-state index in [-0.39, 0.29) is 16.6 Å². The zero-order valence-electron chi connectivity index (χ0n) is 10.2. The van der Waals surface area contributed by atoms with Crippen LogP contribution in [-0.2, 0) is 0 Å². The third-order valence-electron chi connectivity index (χ3n) is 2.61. The number of nitrogens with two attached hydrogens (primary N) is 1. The number of halogens is 6. The lowest BCUT2D eigenvalue weighted by Crippen LogP contribution is -2.46. The van der Waals surface area contributed by atoms with Gasteiger partial charge in [0.1, 0.15) is 11.3 Å². The van der Waals surface area contributed by atoms with E-state index in [9.17, 15) is 26.3 Å². The van der Waals surface area contributed by atoms with Gasteiger partial charge in [-0.1, -0.05) is 0 Å². The van der Waals surface area contributed by atoms with Gasteiger partial charge in [0.25, 0.3) is 6.10 Å². The highest BCUT2D eigenvalue weighted by Gasteiger charge is 2.59. The number of alkyl halides is 6. The quantitative estimate of drug-likeness (QED) is 0.680. The second-order valence-corrected chi connectivity index (χ2v) is 4.13. The summed E-state index contributed by atoms with van der Waals surface area (Å²) >= 11 is 0. The van der Waals surface area contributed by atoms with Gasteiger partial charge in [-0.2, -0.15) is 26.3 Å². The van der Waals surface area contributed by atoms with Gasteiger partial charge in [0.2, 0.25) is 0 Å². The lowest BCUT2D eigenvalue weighted by molar-refractivity contribution is -0.299. The molecule has 1 aromatic heterocycles. The average molecular weight is 310 g/mol. The number of benzene rings is 1. The van der Waals surface area contributed by atoms with Crippen molar-refractivity contribution in [1.29, 1.82) is 0 Å². The molecular weight excluding hydrogens is 302 g/mol. The van der Waals surface area contributed by atoms with Crippen LogP contribution in [-0.4, -0.2) is 23.4 Å². The third-order valence-corrected chi connectivity index (χ3v) is 2.61. The van der Waals surface area contributed by atoms with Gasteiger partial charge in [0.05, 0.1) is 0 Å². The third kappa shape index (κ3) is 3.11. The molecule has 0 amide bonds. The van der Waals surface area contributed by atoms with Crippen molar-refractivity contribution in [3.8, 4) is 5.75 Å². The molecule has 1 heterocycles. The first-order valence-electron chi connectivity index (χ1n) is 5.54. The molecule has 0 spiro atoms. The number of anilines is 1. The number of hydrogen-bond acceptors (Lipinski definition) is 3. The first-order chi connectivity index (χ1) is 9.60. The number of nitrogens with zero attached hydrogens (tertiary/aromatic N) is 1. The Balaban J connectivity index is 2.50. The number of fused-ring (bicyclic) bond motifs is 1. The minimum absolute atomic E-state index is 0.168. The summed E-state index contributed by atoms with van der Waals surface area (Å²) in [5, 5.41) is 0.207. The summed E-state index contributed by atoms with van der Waals surface area (Å²) in [7, 11) is 0. The van der Waals surface area contributed by atoms with Gasteiger partial charge >= 0.3 is 12.4 Å². The van der Waals surface area contributed by atoms with Gasteiger partial charge in [-0.25, -0.2) is 0 Å². The molecule has 0 radical (unpaired) electrons. The van der Waals surface area contributed by atoms with E-state index >= 15 is 0 Å². The smallest absolute Gasteiger partial charge is 0.434 e. The summed E-state index contributed by atoms with van der Waals surface area (Å²) in [6.07, 6.45) is -13.9. The van der Waals surface area contributed by atoms with Crippen LogP contribution in [0.4, 0.5) is 32.0 Å². The van der Waals surface area contributed by atoms with E-state index in [4.69, 9.17) is 5.73 Å². The first kappa shape index (κ1) is 15.2. The van der Waals surface area contributed by atoms with Crippen LogP contribution in [0.15, 0.2) is 30.5 Å². The molecule has 0 aliphatic heterocycles. The van der Waals surface area contributed by atoms with Crippen molar-refractivity contribution in [3.63, 3.8) is 0 Å². The molecule has 0 fully saturated rings. The normalized spacial score (nSPS) is 12.9. The molecule has 9 heteroatoms. The van der Waals surface area contributed by atoms with Crippen LogP contribution in [0, 0.1) is 0 Å². The second kappa shape index (κ2) is 4.97. The fourth-order valence-corrected chi connectivity index (χ4v) is 1.71. The standard InChI is InChI=1S/C12H8F6N2O/c13-11(14,15)10(12(16,17)18)21-8-4-3-7(19)6-2-1-5-20-9(6)8/h1-5,10H,19H2. The first-order valence-corrected chi connectivity index (χ1v) is 5.54. The van der Waals surface area contributed by atoms with Crippen LogP contribution in [0.5, 0.6) is 5.75 Å². The van der Waals surface area contributed by atoms with Gasteiger partial charge in [-0.05, 0) is 24.3 Å². The van der Waals surface area contributed by atoms with Gasteiger partial charge in [0, 0.05) is 17.3 Å².